The van der Waals surface area contributed by atoms with Gasteiger partial charge in [0.2, 0.25) is 0 Å². The van der Waals surface area contributed by atoms with Crippen molar-refractivity contribution in [2.24, 2.45) is 0 Å². The van der Waals surface area contributed by atoms with E-state index in [-0.39, 0.29) is 13.0 Å². The SMILES string of the molecule is Cc1ccc(C(CC(=O)O)NC(=O)OCc2ccccc2)cn1. The molecule has 0 aliphatic rings. The summed E-state index contributed by atoms with van der Waals surface area (Å²) in [4.78, 5) is 27.0. The van der Waals surface area contributed by atoms with E-state index in [4.69, 9.17) is 9.84 Å². The van der Waals surface area contributed by atoms with Crippen molar-refractivity contribution in [3.8, 4) is 0 Å². The van der Waals surface area contributed by atoms with E-state index in [1.807, 2.05) is 37.3 Å². The normalized spacial score (nSPS) is 11.5. The molecule has 0 radical (unpaired) electrons. The molecule has 6 nitrogen and oxygen atoms in total. The molecule has 0 fully saturated rings. The summed E-state index contributed by atoms with van der Waals surface area (Å²) >= 11 is 0. The van der Waals surface area contributed by atoms with Crippen molar-refractivity contribution >= 4 is 12.1 Å². The Labute approximate surface area is 134 Å². The molecule has 1 heterocycles. The number of ether oxygens (including phenoxy) is 1. The zero-order valence-electron chi connectivity index (χ0n) is 12.7. The first-order valence-corrected chi connectivity index (χ1v) is 7.16. The standard InChI is InChI=1S/C17H18N2O4/c1-12-7-8-14(10-18-12)15(9-16(20)21)19-17(22)23-11-13-5-3-2-4-6-13/h2-8,10,15H,9,11H2,1H3,(H,19,22)(H,20,21). The van der Waals surface area contributed by atoms with Crippen LogP contribution in [0.2, 0.25) is 0 Å². The van der Waals surface area contributed by atoms with Crippen LogP contribution in [0.1, 0.15) is 29.3 Å². The van der Waals surface area contributed by atoms with Gasteiger partial charge in [0.05, 0.1) is 12.5 Å². The number of amides is 1. The number of aryl methyl sites for hydroxylation is 1. The molecule has 0 aliphatic carbocycles. The van der Waals surface area contributed by atoms with Crippen molar-refractivity contribution in [1.29, 1.82) is 0 Å². The third-order valence-electron chi connectivity index (χ3n) is 3.22. The van der Waals surface area contributed by atoms with Crippen molar-refractivity contribution in [3.63, 3.8) is 0 Å². The molecule has 23 heavy (non-hydrogen) atoms. The van der Waals surface area contributed by atoms with Crippen molar-refractivity contribution in [3.05, 3.63) is 65.5 Å². The molecule has 120 valence electrons. The Bertz CT molecular complexity index is 656. The Hall–Kier alpha value is -2.89. The van der Waals surface area contributed by atoms with E-state index in [0.29, 0.717) is 5.56 Å². The zero-order chi connectivity index (χ0) is 16.7. The fourth-order valence-corrected chi connectivity index (χ4v) is 2.02. The van der Waals surface area contributed by atoms with Gasteiger partial charge in [-0.2, -0.15) is 0 Å². The molecular weight excluding hydrogens is 296 g/mol. The number of carbonyl (C=O) groups excluding carboxylic acids is 1. The highest BCUT2D eigenvalue weighted by Gasteiger charge is 2.19. The van der Waals surface area contributed by atoms with Gasteiger partial charge in [0, 0.05) is 11.9 Å². The molecule has 1 aromatic heterocycles. The minimum absolute atomic E-state index is 0.124. The van der Waals surface area contributed by atoms with Crippen molar-refractivity contribution < 1.29 is 19.4 Å². The predicted molar refractivity (Wildman–Crippen MR) is 83.7 cm³/mol. The molecule has 2 N–H and O–H groups in total. The summed E-state index contributed by atoms with van der Waals surface area (Å²) in [6, 6.07) is 12.1. The van der Waals surface area contributed by atoms with E-state index in [2.05, 4.69) is 10.3 Å². The number of nitrogens with zero attached hydrogens (tertiary/aromatic N) is 1. The molecule has 1 atom stereocenters. The summed E-state index contributed by atoms with van der Waals surface area (Å²) in [5, 5.41) is 11.6. The molecule has 1 aromatic carbocycles. The number of hydrogen-bond donors (Lipinski definition) is 2. The van der Waals surface area contributed by atoms with Gasteiger partial charge in [0.25, 0.3) is 0 Å². The fraction of sp³-hybridized carbons (Fsp3) is 0.235. The van der Waals surface area contributed by atoms with E-state index in [0.717, 1.165) is 11.3 Å². The largest absolute Gasteiger partial charge is 0.481 e. The highest BCUT2D eigenvalue weighted by molar-refractivity contribution is 5.71. The van der Waals surface area contributed by atoms with Crippen LogP contribution in [0, 0.1) is 6.92 Å². The molecule has 6 heteroatoms. The average Bonchev–Trinajstić information content (AvgIpc) is 2.53. The maximum atomic E-state index is 11.9. The third kappa shape index (κ3) is 5.43. The zero-order valence-corrected chi connectivity index (χ0v) is 12.7. The summed E-state index contributed by atoms with van der Waals surface area (Å²) in [6.07, 6.45) is 0.645. The first-order valence-electron chi connectivity index (χ1n) is 7.16. The minimum Gasteiger partial charge on any atom is -0.481 e. The van der Waals surface area contributed by atoms with Crippen LogP contribution in [0.5, 0.6) is 0 Å². The highest BCUT2D eigenvalue weighted by atomic mass is 16.5. The number of aliphatic carboxylic acids is 1. The number of carbonyl (C=O) groups is 2. The van der Waals surface area contributed by atoms with Gasteiger partial charge in [-0.25, -0.2) is 4.79 Å². The number of pyridine rings is 1. The van der Waals surface area contributed by atoms with E-state index < -0.39 is 18.1 Å². The summed E-state index contributed by atoms with van der Waals surface area (Å²) in [5.74, 6) is -1.01. The first kappa shape index (κ1) is 16.5. The molecule has 0 saturated heterocycles. The second-order valence-corrected chi connectivity index (χ2v) is 5.09. The van der Waals surface area contributed by atoms with E-state index >= 15 is 0 Å². The van der Waals surface area contributed by atoms with Crippen LogP contribution in [0.25, 0.3) is 0 Å². The van der Waals surface area contributed by atoms with Gasteiger partial charge in [-0.3, -0.25) is 9.78 Å². The van der Waals surface area contributed by atoms with Gasteiger partial charge in [-0.15, -0.1) is 0 Å². The molecule has 0 saturated carbocycles. The van der Waals surface area contributed by atoms with Gasteiger partial charge in [-0.1, -0.05) is 36.4 Å². The molecular formula is C17H18N2O4. The Morgan fingerprint density at radius 2 is 1.96 bits per heavy atom. The number of hydrogen-bond acceptors (Lipinski definition) is 4. The lowest BCUT2D eigenvalue weighted by molar-refractivity contribution is -0.137. The lowest BCUT2D eigenvalue weighted by Crippen LogP contribution is -2.30. The van der Waals surface area contributed by atoms with Crippen molar-refractivity contribution in [2.75, 3.05) is 0 Å². The lowest BCUT2D eigenvalue weighted by Gasteiger charge is -2.17. The fourth-order valence-electron chi connectivity index (χ4n) is 2.02. The predicted octanol–water partition coefficient (Wildman–Crippen LogP) is 2.83. The smallest absolute Gasteiger partial charge is 0.407 e. The van der Waals surface area contributed by atoms with Crippen LogP contribution in [-0.4, -0.2) is 22.2 Å². The Balaban J connectivity index is 1.98. The number of aromatic nitrogens is 1. The Morgan fingerprint density at radius 3 is 2.57 bits per heavy atom. The molecule has 1 amide bonds. The molecule has 0 spiro atoms. The van der Waals surface area contributed by atoms with Gasteiger partial charge in [-0.05, 0) is 24.1 Å². The van der Waals surface area contributed by atoms with Crippen molar-refractivity contribution in [2.45, 2.75) is 26.0 Å². The number of rotatable bonds is 6. The quantitative estimate of drug-likeness (QED) is 0.856. The van der Waals surface area contributed by atoms with Crippen LogP contribution in [0.4, 0.5) is 4.79 Å². The molecule has 0 aliphatic heterocycles. The topological polar surface area (TPSA) is 88.5 Å². The van der Waals surface area contributed by atoms with Crippen LogP contribution < -0.4 is 5.32 Å². The van der Waals surface area contributed by atoms with Gasteiger partial charge in [0.15, 0.2) is 0 Å². The lowest BCUT2D eigenvalue weighted by atomic mass is 10.1. The minimum atomic E-state index is -1.01. The van der Waals surface area contributed by atoms with E-state index in [1.54, 1.807) is 18.3 Å². The third-order valence-corrected chi connectivity index (χ3v) is 3.22. The monoisotopic (exact) mass is 314 g/mol. The number of carboxylic acids is 1. The van der Waals surface area contributed by atoms with E-state index in [1.165, 1.54) is 0 Å². The second-order valence-electron chi connectivity index (χ2n) is 5.09. The number of nitrogens with one attached hydrogen (secondary N) is 1. The molecule has 1 unspecified atom stereocenters. The van der Waals surface area contributed by atoms with Gasteiger partial charge >= 0.3 is 12.1 Å². The Morgan fingerprint density at radius 1 is 1.22 bits per heavy atom. The summed E-state index contributed by atoms with van der Waals surface area (Å²) in [5.41, 5.74) is 2.29. The van der Waals surface area contributed by atoms with Crippen molar-refractivity contribution in [1.82, 2.24) is 10.3 Å². The van der Waals surface area contributed by atoms with E-state index in [9.17, 15) is 9.59 Å². The average molecular weight is 314 g/mol. The van der Waals surface area contributed by atoms with Crippen LogP contribution in [-0.2, 0) is 16.1 Å². The first-order chi connectivity index (χ1) is 11.0. The summed E-state index contributed by atoms with van der Waals surface area (Å²) < 4.78 is 5.12. The van der Waals surface area contributed by atoms with Crippen LogP contribution in [0.3, 0.4) is 0 Å². The maximum Gasteiger partial charge on any atom is 0.407 e. The van der Waals surface area contributed by atoms with Crippen LogP contribution in [0.15, 0.2) is 48.7 Å². The maximum absolute atomic E-state index is 11.9. The molecule has 0 bridgehead atoms. The Kier molecular flexibility index (Phi) is 5.68. The second kappa shape index (κ2) is 7.93. The molecule has 2 rings (SSSR count). The number of alkyl carbamates (subject to hydrolysis) is 1. The number of benzene rings is 1. The van der Waals surface area contributed by atoms with Crippen LogP contribution >= 0.6 is 0 Å². The molecule has 2 aromatic rings. The highest BCUT2D eigenvalue weighted by Crippen LogP contribution is 2.16. The summed E-state index contributed by atoms with van der Waals surface area (Å²) in [7, 11) is 0. The van der Waals surface area contributed by atoms with Gasteiger partial charge in [0.1, 0.15) is 6.61 Å². The number of carboxylic acid groups (broad SMARTS) is 1. The summed E-state index contributed by atoms with van der Waals surface area (Å²) in [6.45, 7) is 1.95. The van der Waals surface area contributed by atoms with Gasteiger partial charge < -0.3 is 15.2 Å².